The van der Waals surface area contributed by atoms with Crippen molar-refractivity contribution in [2.75, 3.05) is 13.2 Å². The highest BCUT2D eigenvalue weighted by Crippen LogP contribution is 2.36. The number of nitrogens with one attached hydrogen (secondary N) is 2. The van der Waals surface area contributed by atoms with E-state index in [4.69, 9.17) is 4.74 Å². The normalized spacial score (nSPS) is 20.6. The maximum atomic E-state index is 11.7. The van der Waals surface area contributed by atoms with Gasteiger partial charge in [-0.15, -0.1) is 0 Å². The van der Waals surface area contributed by atoms with Gasteiger partial charge in [0.2, 0.25) is 0 Å². The molecule has 1 aliphatic rings. The van der Waals surface area contributed by atoms with Crippen LogP contribution >= 0.6 is 0 Å². The first-order valence-corrected chi connectivity index (χ1v) is 7.00. The summed E-state index contributed by atoms with van der Waals surface area (Å²) in [6.07, 6.45) is 2.27. The van der Waals surface area contributed by atoms with Crippen molar-refractivity contribution < 1.29 is 9.84 Å². The highest BCUT2D eigenvalue weighted by molar-refractivity contribution is 5.41. The molecule has 110 valence electrons. The van der Waals surface area contributed by atoms with E-state index in [0.29, 0.717) is 25.1 Å². The zero-order valence-corrected chi connectivity index (χ0v) is 11.6. The summed E-state index contributed by atoms with van der Waals surface area (Å²) in [6.45, 7) is 0.888. The molecule has 0 amide bonds. The predicted molar refractivity (Wildman–Crippen MR) is 79.2 cm³/mol. The van der Waals surface area contributed by atoms with Crippen LogP contribution in [0.4, 0.5) is 0 Å². The summed E-state index contributed by atoms with van der Waals surface area (Å²) in [5, 5.41) is 13.3. The van der Waals surface area contributed by atoms with Crippen molar-refractivity contribution in [2.45, 2.75) is 18.5 Å². The van der Waals surface area contributed by atoms with Crippen molar-refractivity contribution in [2.24, 2.45) is 0 Å². The smallest absolute Gasteiger partial charge is 0.252 e. The third-order valence-corrected chi connectivity index (χ3v) is 3.98. The molecule has 2 heterocycles. The summed E-state index contributed by atoms with van der Waals surface area (Å²) >= 11 is 0. The minimum Gasteiger partial charge on any atom is -0.493 e. The molecule has 1 aliphatic heterocycles. The lowest BCUT2D eigenvalue weighted by Gasteiger charge is -2.38. The fourth-order valence-corrected chi connectivity index (χ4v) is 2.72. The Labute approximate surface area is 122 Å². The van der Waals surface area contributed by atoms with Gasteiger partial charge in [-0.05, 0) is 12.1 Å². The van der Waals surface area contributed by atoms with Gasteiger partial charge in [0.1, 0.15) is 5.75 Å². The molecule has 1 unspecified atom stereocenters. The Bertz CT molecular complexity index is 683. The van der Waals surface area contributed by atoms with Crippen molar-refractivity contribution in [3.05, 3.63) is 64.1 Å². The second-order valence-electron chi connectivity index (χ2n) is 5.21. The second kappa shape index (κ2) is 5.71. The molecule has 0 spiro atoms. The van der Waals surface area contributed by atoms with Crippen LogP contribution in [0, 0.1) is 0 Å². The molecule has 2 aromatic rings. The fraction of sp³-hybridized carbons (Fsp3) is 0.312. The Balaban J connectivity index is 1.89. The van der Waals surface area contributed by atoms with E-state index in [9.17, 15) is 9.90 Å². The molecule has 0 bridgehead atoms. The maximum Gasteiger partial charge on any atom is 0.252 e. The number of aliphatic hydroxyl groups excluding tert-OH is 1. The van der Waals surface area contributed by atoms with Crippen molar-refractivity contribution >= 4 is 0 Å². The summed E-state index contributed by atoms with van der Waals surface area (Å²) in [4.78, 5) is 14.4. The van der Waals surface area contributed by atoms with Gasteiger partial charge in [0.25, 0.3) is 5.56 Å². The molecule has 0 fully saturated rings. The number of hydrogen-bond acceptors (Lipinski definition) is 4. The van der Waals surface area contributed by atoms with Gasteiger partial charge in [0.05, 0.1) is 18.8 Å². The molecule has 0 radical (unpaired) electrons. The van der Waals surface area contributed by atoms with Crippen molar-refractivity contribution in [1.29, 1.82) is 0 Å². The van der Waals surface area contributed by atoms with E-state index < -0.39 is 5.54 Å². The molecular formula is C16H18N2O3. The molecule has 1 atom stereocenters. The van der Waals surface area contributed by atoms with Crippen LogP contribution in [-0.4, -0.2) is 23.3 Å². The van der Waals surface area contributed by atoms with Gasteiger partial charge >= 0.3 is 0 Å². The van der Waals surface area contributed by atoms with Crippen LogP contribution < -0.4 is 15.6 Å². The molecule has 0 aliphatic carbocycles. The average molecular weight is 286 g/mol. The molecule has 3 rings (SSSR count). The Kier molecular flexibility index (Phi) is 3.77. The molecule has 21 heavy (non-hydrogen) atoms. The van der Waals surface area contributed by atoms with E-state index in [1.54, 1.807) is 18.3 Å². The number of rotatable bonds is 4. The van der Waals surface area contributed by atoms with Crippen molar-refractivity contribution in [3.8, 4) is 5.75 Å². The van der Waals surface area contributed by atoms with Crippen molar-refractivity contribution in [1.82, 2.24) is 10.3 Å². The van der Waals surface area contributed by atoms with Crippen LogP contribution in [-0.2, 0) is 12.1 Å². The molecule has 0 saturated carbocycles. The zero-order chi connectivity index (χ0) is 14.7. The summed E-state index contributed by atoms with van der Waals surface area (Å²) in [7, 11) is 0. The van der Waals surface area contributed by atoms with Gasteiger partial charge in [-0.3, -0.25) is 4.79 Å². The van der Waals surface area contributed by atoms with E-state index in [2.05, 4.69) is 10.3 Å². The first-order valence-electron chi connectivity index (χ1n) is 7.00. The number of ether oxygens (including phenoxy) is 1. The summed E-state index contributed by atoms with van der Waals surface area (Å²) in [5.74, 6) is 0.785. The first kappa shape index (κ1) is 13.9. The van der Waals surface area contributed by atoms with Crippen LogP contribution in [0.3, 0.4) is 0 Å². The summed E-state index contributed by atoms with van der Waals surface area (Å²) in [6, 6.07) is 11.3. The molecule has 1 aromatic carbocycles. The number of aromatic amines is 1. The Morgan fingerprint density at radius 3 is 2.95 bits per heavy atom. The van der Waals surface area contributed by atoms with E-state index in [1.165, 1.54) is 0 Å². The standard InChI is InChI=1S/C16H18N2O3/c19-11-16(18-10-12-4-3-8-17-15(12)20)7-9-21-14-6-2-1-5-13(14)16/h1-6,8,18-19H,7,9-11H2,(H,17,20). The van der Waals surface area contributed by atoms with Crippen LogP contribution in [0.25, 0.3) is 0 Å². The van der Waals surface area contributed by atoms with E-state index in [0.717, 1.165) is 11.3 Å². The van der Waals surface area contributed by atoms with Crippen LogP contribution in [0.2, 0.25) is 0 Å². The van der Waals surface area contributed by atoms with Gasteiger partial charge in [-0.25, -0.2) is 0 Å². The Hall–Kier alpha value is -2.11. The molecule has 3 N–H and O–H groups in total. The average Bonchev–Trinajstić information content (AvgIpc) is 2.54. The molecular weight excluding hydrogens is 268 g/mol. The minimum absolute atomic E-state index is 0.0435. The number of aromatic nitrogens is 1. The van der Waals surface area contributed by atoms with Gasteiger partial charge in [0.15, 0.2) is 0 Å². The van der Waals surface area contributed by atoms with Gasteiger partial charge in [-0.2, -0.15) is 0 Å². The van der Waals surface area contributed by atoms with E-state index in [-0.39, 0.29) is 12.2 Å². The number of benzene rings is 1. The highest BCUT2D eigenvalue weighted by atomic mass is 16.5. The Morgan fingerprint density at radius 2 is 2.14 bits per heavy atom. The maximum absolute atomic E-state index is 11.7. The van der Waals surface area contributed by atoms with Gasteiger partial charge in [0, 0.05) is 30.3 Å². The Morgan fingerprint density at radius 1 is 1.29 bits per heavy atom. The minimum atomic E-state index is -0.572. The number of para-hydroxylation sites is 1. The van der Waals surface area contributed by atoms with Gasteiger partial charge in [-0.1, -0.05) is 24.3 Å². The number of H-pyrrole nitrogens is 1. The quantitative estimate of drug-likeness (QED) is 0.788. The molecule has 0 saturated heterocycles. The fourth-order valence-electron chi connectivity index (χ4n) is 2.72. The third-order valence-electron chi connectivity index (χ3n) is 3.98. The molecule has 5 nitrogen and oxygen atoms in total. The summed E-state index contributed by atoms with van der Waals surface area (Å²) in [5.41, 5.74) is 0.899. The largest absolute Gasteiger partial charge is 0.493 e. The van der Waals surface area contributed by atoms with Crippen LogP contribution in [0.1, 0.15) is 17.5 Å². The molecule has 1 aromatic heterocycles. The van der Waals surface area contributed by atoms with Crippen molar-refractivity contribution in [3.63, 3.8) is 0 Å². The molecule has 5 heteroatoms. The monoisotopic (exact) mass is 286 g/mol. The predicted octanol–water partition coefficient (Wildman–Crippen LogP) is 1.13. The highest BCUT2D eigenvalue weighted by Gasteiger charge is 2.36. The van der Waals surface area contributed by atoms with Crippen LogP contribution in [0.15, 0.2) is 47.4 Å². The lowest BCUT2D eigenvalue weighted by Crippen LogP contribution is -2.49. The lowest BCUT2D eigenvalue weighted by molar-refractivity contribution is 0.106. The van der Waals surface area contributed by atoms with Gasteiger partial charge < -0.3 is 20.1 Å². The van der Waals surface area contributed by atoms with Crippen LogP contribution in [0.5, 0.6) is 5.75 Å². The number of fused-ring (bicyclic) bond motifs is 1. The summed E-state index contributed by atoms with van der Waals surface area (Å²) < 4.78 is 5.64. The first-order chi connectivity index (χ1) is 10.2. The topological polar surface area (TPSA) is 74.4 Å². The van der Waals surface area contributed by atoms with E-state index >= 15 is 0 Å². The third kappa shape index (κ3) is 2.57. The SMILES string of the molecule is O=c1[nH]cccc1CNC1(CO)CCOc2ccccc21. The number of pyridine rings is 1. The lowest BCUT2D eigenvalue weighted by atomic mass is 9.85. The second-order valence-corrected chi connectivity index (χ2v) is 5.21. The van der Waals surface area contributed by atoms with E-state index in [1.807, 2.05) is 24.3 Å². The zero-order valence-electron chi connectivity index (χ0n) is 11.6. The number of hydrogen-bond donors (Lipinski definition) is 3. The number of aliphatic hydroxyl groups is 1.